The SMILES string of the molecule is c1ccc(-c2ccc(N(c3ccc4c(c3)-c3ccccc3C4)c3ccc4c(c3)oc3cccc(-c5nc(-c6ccccc6)nc(-c6ccccc6)n5)c34)cc2)cc1. The molecular formula is C52H34N4O. The van der Waals surface area contributed by atoms with E-state index in [0.717, 1.165) is 62.1 Å². The first kappa shape index (κ1) is 32.8. The molecule has 0 spiro atoms. The van der Waals surface area contributed by atoms with E-state index in [4.69, 9.17) is 19.4 Å². The highest BCUT2D eigenvalue weighted by Crippen LogP contribution is 2.44. The van der Waals surface area contributed by atoms with Crippen LogP contribution >= 0.6 is 0 Å². The van der Waals surface area contributed by atoms with Crippen LogP contribution in [0.15, 0.2) is 199 Å². The zero-order valence-corrected chi connectivity index (χ0v) is 30.9. The molecule has 0 bridgehead atoms. The average Bonchev–Trinajstić information content (AvgIpc) is 3.85. The van der Waals surface area contributed by atoms with Gasteiger partial charge in [-0.2, -0.15) is 0 Å². The Hall–Kier alpha value is -7.63. The summed E-state index contributed by atoms with van der Waals surface area (Å²) < 4.78 is 6.71. The fraction of sp³-hybridized carbons (Fsp3) is 0.0192. The molecule has 0 radical (unpaired) electrons. The lowest BCUT2D eigenvalue weighted by Crippen LogP contribution is -2.10. The minimum Gasteiger partial charge on any atom is -0.456 e. The fourth-order valence-electron chi connectivity index (χ4n) is 8.20. The third kappa shape index (κ3) is 5.85. The van der Waals surface area contributed by atoms with Crippen molar-refractivity contribution < 1.29 is 4.42 Å². The fourth-order valence-corrected chi connectivity index (χ4v) is 8.20. The second kappa shape index (κ2) is 13.6. The number of rotatable bonds is 7. The lowest BCUT2D eigenvalue weighted by atomic mass is 10.0. The van der Waals surface area contributed by atoms with E-state index in [-0.39, 0.29) is 0 Å². The molecule has 5 nitrogen and oxygen atoms in total. The largest absolute Gasteiger partial charge is 0.456 e. The normalized spacial score (nSPS) is 11.8. The van der Waals surface area contributed by atoms with Gasteiger partial charge in [-0.25, -0.2) is 15.0 Å². The molecule has 1 aliphatic carbocycles. The van der Waals surface area contributed by atoms with E-state index < -0.39 is 0 Å². The van der Waals surface area contributed by atoms with E-state index in [1.807, 2.05) is 72.8 Å². The molecule has 8 aromatic carbocycles. The van der Waals surface area contributed by atoms with Crippen molar-refractivity contribution in [1.29, 1.82) is 0 Å². The van der Waals surface area contributed by atoms with Crippen molar-refractivity contribution in [2.24, 2.45) is 0 Å². The third-order valence-corrected chi connectivity index (χ3v) is 11.0. The Labute approximate surface area is 330 Å². The van der Waals surface area contributed by atoms with Gasteiger partial charge < -0.3 is 9.32 Å². The molecule has 0 saturated carbocycles. The van der Waals surface area contributed by atoms with Crippen LogP contribution in [-0.4, -0.2) is 15.0 Å². The van der Waals surface area contributed by atoms with E-state index >= 15 is 0 Å². The van der Waals surface area contributed by atoms with Crippen molar-refractivity contribution in [3.05, 3.63) is 205 Å². The Balaban J connectivity index is 1.06. The van der Waals surface area contributed by atoms with Crippen LogP contribution in [-0.2, 0) is 6.42 Å². The molecule has 10 aromatic rings. The Morgan fingerprint density at radius 2 is 0.912 bits per heavy atom. The summed E-state index contributed by atoms with van der Waals surface area (Å²) in [6.45, 7) is 0. The van der Waals surface area contributed by atoms with E-state index in [1.165, 1.54) is 33.4 Å². The van der Waals surface area contributed by atoms with E-state index in [2.05, 4.69) is 126 Å². The van der Waals surface area contributed by atoms with Crippen LogP contribution in [0, 0.1) is 0 Å². The summed E-state index contributed by atoms with van der Waals surface area (Å²) in [5.74, 6) is 1.84. The molecule has 2 heterocycles. The monoisotopic (exact) mass is 730 g/mol. The highest BCUT2D eigenvalue weighted by molar-refractivity contribution is 6.12. The van der Waals surface area contributed by atoms with Crippen molar-refractivity contribution in [2.75, 3.05) is 4.90 Å². The summed E-state index contributed by atoms with van der Waals surface area (Å²) in [4.78, 5) is 17.4. The van der Waals surface area contributed by atoms with Gasteiger partial charge in [0.1, 0.15) is 11.2 Å². The molecule has 0 unspecified atom stereocenters. The average molecular weight is 731 g/mol. The molecule has 11 rings (SSSR count). The number of aromatic nitrogens is 3. The lowest BCUT2D eigenvalue weighted by Gasteiger charge is -2.26. The smallest absolute Gasteiger partial charge is 0.164 e. The summed E-state index contributed by atoms with van der Waals surface area (Å²) >= 11 is 0. The minimum atomic E-state index is 0.596. The highest BCUT2D eigenvalue weighted by Gasteiger charge is 2.23. The third-order valence-electron chi connectivity index (χ3n) is 11.0. The highest BCUT2D eigenvalue weighted by atomic mass is 16.3. The minimum absolute atomic E-state index is 0.596. The van der Waals surface area contributed by atoms with E-state index in [9.17, 15) is 0 Å². The van der Waals surface area contributed by atoms with Crippen LogP contribution in [0.4, 0.5) is 17.1 Å². The first-order chi connectivity index (χ1) is 28.2. The Morgan fingerprint density at radius 1 is 0.368 bits per heavy atom. The first-order valence-electron chi connectivity index (χ1n) is 19.2. The van der Waals surface area contributed by atoms with Crippen LogP contribution in [0.3, 0.4) is 0 Å². The standard InChI is InChI=1S/C52H34N4O/c1-4-13-34(14-5-1)35-23-26-40(27-24-35)56(41-28-25-39-31-38-19-10-11-20-43(38)46(39)32-41)42-29-30-44-48(33-42)57-47-22-12-21-45(49(44)47)52-54-50(36-15-6-2-7-16-36)53-51(55-52)37-17-8-3-9-18-37/h1-30,32-33H,31H2. The number of furan rings is 1. The molecule has 57 heavy (non-hydrogen) atoms. The Kier molecular flexibility index (Phi) is 7.81. The number of anilines is 3. The first-order valence-corrected chi connectivity index (χ1v) is 19.2. The van der Waals surface area contributed by atoms with Gasteiger partial charge in [0.05, 0.1) is 0 Å². The molecule has 2 aromatic heterocycles. The maximum absolute atomic E-state index is 6.71. The molecule has 5 heteroatoms. The van der Waals surface area contributed by atoms with Gasteiger partial charge in [-0.3, -0.25) is 0 Å². The van der Waals surface area contributed by atoms with Crippen molar-refractivity contribution in [2.45, 2.75) is 6.42 Å². The van der Waals surface area contributed by atoms with Gasteiger partial charge in [0, 0.05) is 50.6 Å². The van der Waals surface area contributed by atoms with Gasteiger partial charge in [0.15, 0.2) is 17.5 Å². The van der Waals surface area contributed by atoms with Crippen LogP contribution in [0.5, 0.6) is 0 Å². The van der Waals surface area contributed by atoms with Crippen LogP contribution in [0.2, 0.25) is 0 Å². The Bertz CT molecular complexity index is 3030. The van der Waals surface area contributed by atoms with Gasteiger partial charge in [0.25, 0.3) is 0 Å². The quantitative estimate of drug-likeness (QED) is 0.163. The predicted molar refractivity (Wildman–Crippen MR) is 232 cm³/mol. The molecule has 0 N–H and O–H groups in total. The van der Waals surface area contributed by atoms with E-state index in [1.54, 1.807) is 0 Å². The number of fused-ring (bicyclic) bond motifs is 6. The van der Waals surface area contributed by atoms with Crippen molar-refractivity contribution >= 4 is 39.0 Å². The van der Waals surface area contributed by atoms with Gasteiger partial charge in [-0.15, -0.1) is 0 Å². The van der Waals surface area contributed by atoms with Crippen LogP contribution in [0.1, 0.15) is 11.1 Å². The summed E-state index contributed by atoms with van der Waals surface area (Å²) in [7, 11) is 0. The number of hydrogen-bond acceptors (Lipinski definition) is 5. The molecular weight excluding hydrogens is 697 g/mol. The van der Waals surface area contributed by atoms with E-state index in [0.29, 0.717) is 17.5 Å². The van der Waals surface area contributed by atoms with Crippen LogP contribution in [0.25, 0.3) is 78.4 Å². The van der Waals surface area contributed by atoms with Gasteiger partial charge in [-0.05, 0) is 82.3 Å². The second-order valence-corrected chi connectivity index (χ2v) is 14.4. The number of benzene rings is 8. The lowest BCUT2D eigenvalue weighted by molar-refractivity contribution is 0.669. The topological polar surface area (TPSA) is 55.1 Å². The zero-order chi connectivity index (χ0) is 37.7. The summed E-state index contributed by atoms with van der Waals surface area (Å²) in [5, 5.41) is 1.96. The van der Waals surface area contributed by atoms with Crippen LogP contribution < -0.4 is 4.90 Å². The zero-order valence-electron chi connectivity index (χ0n) is 30.9. The number of hydrogen-bond donors (Lipinski definition) is 0. The molecule has 0 atom stereocenters. The summed E-state index contributed by atoms with van der Waals surface area (Å²) in [5.41, 5.74) is 15.1. The summed E-state index contributed by atoms with van der Waals surface area (Å²) in [6, 6.07) is 67.7. The van der Waals surface area contributed by atoms with Crippen molar-refractivity contribution in [3.63, 3.8) is 0 Å². The molecule has 268 valence electrons. The van der Waals surface area contributed by atoms with Crippen molar-refractivity contribution in [3.8, 4) is 56.4 Å². The second-order valence-electron chi connectivity index (χ2n) is 14.4. The summed E-state index contributed by atoms with van der Waals surface area (Å²) in [6.07, 6.45) is 0.950. The number of nitrogens with zero attached hydrogens (tertiary/aromatic N) is 4. The molecule has 0 saturated heterocycles. The Morgan fingerprint density at radius 3 is 1.63 bits per heavy atom. The molecule has 0 fully saturated rings. The maximum atomic E-state index is 6.71. The van der Waals surface area contributed by atoms with Gasteiger partial charge in [-0.1, -0.05) is 146 Å². The van der Waals surface area contributed by atoms with Crippen molar-refractivity contribution in [1.82, 2.24) is 15.0 Å². The van der Waals surface area contributed by atoms with Gasteiger partial charge in [0.2, 0.25) is 0 Å². The molecule has 0 aliphatic heterocycles. The molecule has 1 aliphatic rings. The molecule has 0 amide bonds. The van der Waals surface area contributed by atoms with Gasteiger partial charge >= 0.3 is 0 Å². The maximum Gasteiger partial charge on any atom is 0.164 e. The predicted octanol–water partition coefficient (Wildman–Crippen LogP) is 13.5.